The number of rotatable bonds is 4. The van der Waals surface area contributed by atoms with Crippen LogP contribution in [-0.4, -0.2) is 0 Å². The molecule has 0 fully saturated rings. The summed E-state index contributed by atoms with van der Waals surface area (Å²) in [5.74, 6) is 0. The van der Waals surface area contributed by atoms with Crippen molar-refractivity contribution in [3.63, 3.8) is 0 Å². The van der Waals surface area contributed by atoms with Gasteiger partial charge >= 0.3 is 0 Å². The lowest BCUT2D eigenvalue weighted by molar-refractivity contribution is 1.46. The summed E-state index contributed by atoms with van der Waals surface area (Å²) >= 11 is 0. The van der Waals surface area contributed by atoms with Crippen molar-refractivity contribution in [1.82, 2.24) is 0 Å². The van der Waals surface area contributed by atoms with Crippen LogP contribution in [0.3, 0.4) is 0 Å². The molecular formula is C28H24. The number of aryl methyl sites for hydroxylation is 2. The van der Waals surface area contributed by atoms with Gasteiger partial charge in [-0.2, -0.15) is 0 Å². The zero-order valence-corrected chi connectivity index (χ0v) is 16.4. The van der Waals surface area contributed by atoms with Crippen LogP contribution in [0.5, 0.6) is 0 Å². The van der Waals surface area contributed by atoms with Crippen LogP contribution in [-0.2, 0) is 0 Å². The first-order valence-corrected chi connectivity index (χ1v) is 9.70. The fourth-order valence-electron chi connectivity index (χ4n) is 3.36. The summed E-state index contributed by atoms with van der Waals surface area (Å²) in [6.45, 7) is 4.23. The molecule has 28 heavy (non-hydrogen) atoms. The second kappa shape index (κ2) is 8.10. The predicted octanol–water partition coefficient (Wildman–Crippen LogP) is 7.80. The maximum atomic E-state index is 2.24. The third kappa shape index (κ3) is 4.13. The van der Waals surface area contributed by atoms with Crippen molar-refractivity contribution >= 4 is 35.1 Å². The maximum Gasteiger partial charge on any atom is -0.0105 e. The van der Waals surface area contributed by atoms with Gasteiger partial charge in [0.25, 0.3) is 0 Å². The summed E-state index contributed by atoms with van der Waals surface area (Å²) in [6, 6.07) is 30.3. The Morgan fingerprint density at radius 2 is 1.07 bits per heavy atom. The van der Waals surface area contributed by atoms with Gasteiger partial charge in [0.1, 0.15) is 0 Å². The zero-order valence-electron chi connectivity index (χ0n) is 16.4. The molecule has 4 aromatic carbocycles. The van der Waals surface area contributed by atoms with Gasteiger partial charge in [0.2, 0.25) is 0 Å². The number of benzene rings is 4. The third-order valence-corrected chi connectivity index (χ3v) is 5.06. The van der Waals surface area contributed by atoms with E-state index in [-0.39, 0.29) is 0 Å². The molecule has 0 radical (unpaired) electrons. The number of hydrogen-bond donors (Lipinski definition) is 0. The van der Waals surface area contributed by atoms with Gasteiger partial charge in [-0.3, -0.25) is 0 Å². The Morgan fingerprint density at radius 3 is 1.71 bits per heavy atom. The maximum absolute atomic E-state index is 2.24. The van der Waals surface area contributed by atoms with Crippen LogP contribution in [0.25, 0.3) is 35.1 Å². The van der Waals surface area contributed by atoms with Gasteiger partial charge in [-0.05, 0) is 46.9 Å². The van der Waals surface area contributed by atoms with Crippen LogP contribution < -0.4 is 0 Å². The van der Waals surface area contributed by atoms with Crippen molar-refractivity contribution in [1.29, 1.82) is 0 Å². The van der Waals surface area contributed by atoms with Gasteiger partial charge in [-0.25, -0.2) is 0 Å². The van der Waals surface area contributed by atoms with E-state index >= 15 is 0 Å². The Morgan fingerprint density at radius 1 is 0.500 bits per heavy atom. The summed E-state index contributed by atoms with van der Waals surface area (Å²) < 4.78 is 0. The molecule has 0 aliphatic carbocycles. The Balaban J connectivity index is 1.76. The van der Waals surface area contributed by atoms with E-state index in [0.29, 0.717) is 0 Å². The first kappa shape index (κ1) is 18.0. The summed E-state index contributed by atoms with van der Waals surface area (Å²) in [5.41, 5.74) is 7.47. The molecule has 0 amide bonds. The molecule has 4 rings (SSSR count). The molecule has 0 nitrogen and oxygen atoms in total. The van der Waals surface area contributed by atoms with Gasteiger partial charge in [-0.15, -0.1) is 0 Å². The number of fused-ring (bicyclic) bond motifs is 1. The Hall–Kier alpha value is -3.38. The molecule has 0 heteroatoms. The molecule has 0 bridgehead atoms. The van der Waals surface area contributed by atoms with Crippen LogP contribution in [0.15, 0.2) is 84.9 Å². The van der Waals surface area contributed by atoms with E-state index < -0.39 is 0 Å². The van der Waals surface area contributed by atoms with Crippen LogP contribution in [0, 0.1) is 13.8 Å². The van der Waals surface area contributed by atoms with Crippen molar-refractivity contribution in [2.75, 3.05) is 0 Å². The average Bonchev–Trinajstić information content (AvgIpc) is 2.73. The monoisotopic (exact) mass is 360 g/mol. The largest absolute Gasteiger partial charge is 0.0616 e. The molecule has 136 valence electrons. The standard InChI is InChI=1S/C28H24/c1-21-7-11-23(12-8-21)15-17-26-19-18-25-5-3-4-6-27(25)28(26)20-16-24-13-9-22(2)10-14-24/h3-20H,1-2H3/b17-15+,20-16+. The molecule has 0 saturated heterocycles. The molecule has 0 N–H and O–H groups in total. The van der Waals surface area contributed by atoms with Crippen molar-refractivity contribution in [3.8, 4) is 0 Å². The highest BCUT2D eigenvalue weighted by atomic mass is 14.1. The second-order valence-corrected chi connectivity index (χ2v) is 7.28. The SMILES string of the molecule is Cc1ccc(/C=C/c2ccc3ccccc3c2/C=C/c2ccc(C)cc2)cc1. The fraction of sp³-hybridized carbons (Fsp3) is 0.0714. The average molecular weight is 361 g/mol. The van der Waals surface area contributed by atoms with Crippen molar-refractivity contribution in [3.05, 3.63) is 118 Å². The first-order valence-electron chi connectivity index (χ1n) is 9.70. The number of hydrogen-bond acceptors (Lipinski definition) is 0. The van der Waals surface area contributed by atoms with E-state index in [1.165, 1.54) is 44.2 Å². The van der Waals surface area contributed by atoms with Crippen LogP contribution in [0.4, 0.5) is 0 Å². The molecule has 0 atom stereocenters. The van der Waals surface area contributed by atoms with E-state index in [1.54, 1.807) is 0 Å². The summed E-state index contributed by atoms with van der Waals surface area (Å²) in [6.07, 6.45) is 8.84. The fourth-order valence-corrected chi connectivity index (χ4v) is 3.36. The van der Waals surface area contributed by atoms with E-state index in [9.17, 15) is 0 Å². The van der Waals surface area contributed by atoms with Gasteiger partial charge in [0.05, 0.1) is 0 Å². The topological polar surface area (TPSA) is 0 Å². The summed E-state index contributed by atoms with van der Waals surface area (Å²) in [7, 11) is 0. The van der Waals surface area contributed by atoms with Crippen LogP contribution in [0.2, 0.25) is 0 Å². The van der Waals surface area contributed by atoms with E-state index in [1.807, 2.05) is 0 Å². The molecule has 0 aliphatic heterocycles. The van der Waals surface area contributed by atoms with Crippen molar-refractivity contribution in [2.24, 2.45) is 0 Å². The van der Waals surface area contributed by atoms with Crippen LogP contribution in [0.1, 0.15) is 33.4 Å². The lowest BCUT2D eigenvalue weighted by Crippen LogP contribution is -1.85. The molecular weight excluding hydrogens is 336 g/mol. The van der Waals surface area contributed by atoms with Crippen molar-refractivity contribution in [2.45, 2.75) is 13.8 Å². The minimum Gasteiger partial charge on any atom is -0.0616 e. The second-order valence-electron chi connectivity index (χ2n) is 7.28. The van der Waals surface area contributed by atoms with Crippen molar-refractivity contribution < 1.29 is 0 Å². The highest BCUT2D eigenvalue weighted by Crippen LogP contribution is 2.26. The normalized spacial score (nSPS) is 11.6. The van der Waals surface area contributed by atoms with E-state index in [0.717, 1.165) is 0 Å². The summed E-state index contributed by atoms with van der Waals surface area (Å²) in [4.78, 5) is 0. The quantitative estimate of drug-likeness (QED) is 0.326. The van der Waals surface area contributed by atoms with Gasteiger partial charge in [-0.1, -0.05) is 120 Å². The smallest absolute Gasteiger partial charge is 0.0105 e. The highest BCUT2D eigenvalue weighted by Gasteiger charge is 2.03. The van der Waals surface area contributed by atoms with Gasteiger partial charge < -0.3 is 0 Å². The Kier molecular flexibility index (Phi) is 5.21. The molecule has 0 heterocycles. The third-order valence-electron chi connectivity index (χ3n) is 5.06. The molecule has 0 aromatic heterocycles. The summed E-state index contributed by atoms with van der Waals surface area (Å²) in [5, 5.41) is 2.54. The molecule has 0 saturated carbocycles. The molecule has 0 unspecified atom stereocenters. The highest BCUT2D eigenvalue weighted by molar-refractivity contribution is 5.97. The molecule has 4 aromatic rings. The van der Waals surface area contributed by atoms with E-state index in [4.69, 9.17) is 0 Å². The lowest BCUT2D eigenvalue weighted by Gasteiger charge is -2.08. The Bertz CT molecular complexity index is 1140. The van der Waals surface area contributed by atoms with E-state index in [2.05, 4.69) is 123 Å². The zero-order chi connectivity index (χ0) is 19.3. The Labute approximate surface area is 167 Å². The van der Waals surface area contributed by atoms with Gasteiger partial charge in [0, 0.05) is 0 Å². The van der Waals surface area contributed by atoms with Gasteiger partial charge in [0.15, 0.2) is 0 Å². The minimum atomic E-state index is 1.21. The molecule has 0 spiro atoms. The first-order chi connectivity index (χ1) is 13.7. The van der Waals surface area contributed by atoms with Crippen LogP contribution >= 0.6 is 0 Å². The lowest BCUT2D eigenvalue weighted by atomic mass is 9.97. The molecule has 0 aliphatic rings. The predicted molar refractivity (Wildman–Crippen MR) is 124 cm³/mol. The minimum absolute atomic E-state index is 1.21.